The summed E-state index contributed by atoms with van der Waals surface area (Å²) < 4.78 is 3.21. The first-order valence-electron chi connectivity index (χ1n) is 8.26. The molecule has 0 bridgehead atoms. The lowest BCUT2D eigenvalue weighted by atomic mass is 10.1. The Morgan fingerprint density at radius 1 is 1.30 bits per heavy atom. The fourth-order valence-corrected chi connectivity index (χ4v) is 2.70. The smallest absolute Gasteiger partial charge is 0.411 e. The number of aliphatic hydroxyl groups excluding tert-OH is 1. The number of aromatic nitrogens is 4. The number of amides is 1. The van der Waals surface area contributed by atoms with E-state index in [2.05, 4.69) is 10.2 Å². The SMILES string of the molecule is Cn1cc(-n2ccc(=O)c(Cc3cccc(N(CCO)C(=O)O)c3)n2)cn1. The maximum absolute atomic E-state index is 12.2. The highest BCUT2D eigenvalue weighted by Gasteiger charge is 2.14. The van der Waals surface area contributed by atoms with E-state index >= 15 is 0 Å². The highest BCUT2D eigenvalue weighted by molar-refractivity contribution is 5.86. The van der Waals surface area contributed by atoms with Gasteiger partial charge < -0.3 is 10.2 Å². The predicted molar refractivity (Wildman–Crippen MR) is 98.3 cm³/mol. The van der Waals surface area contributed by atoms with Crippen molar-refractivity contribution < 1.29 is 15.0 Å². The summed E-state index contributed by atoms with van der Waals surface area (Å²) in [5, 5.41) is 26.8. The summed E-state index contributed by atoms with van der Waals surface area (Å²) in [6, 6.07) is 8.26. The van der Waals surface area contributed by atoms with Gasteiger partial charge in [-0.05, 0) is 17.7 Å². The van der Waals surface area contributed by atoms with Crippen LogP contribution in [0.15, 0.2) is 53.7 Å². The van der Waals surface area contributed by atoms with Gasteiger partial charge in [0.25, 0.3) is 0 Å². The third-order valence-corrected chi connectivity index (χ3v) is 3.98. The molecule has 3 aromatic rings. The van der Waals surface area contributed by atoms with E-state index in [4.69, 9.17) is 5.11 Å². The summed E-state index contributed by atoms with van der Waals surface area (Å²) >= 11 is 0. The van der Waals surface area contributed by atoms with Gasteiger partial charge in [-0.2, -0.15) is 10.2 Å². The number of benzene rings is 1. The summed E-state index contributed by atoms with van der Waals surface area (Å²) in [4.78, 5) is 24.6. The van der Waals surface area contributed by atoms with Crippen molar-refractivity contribution in [3.8, 4) is 5.69 Å². The number of nitrogens with zero attached hydrogens (tertiary/aromatic N) is 5. The van der Waals surface area contributed by atoms with Crippen molar-refractivity contribution in [2.75, 3.05) is 18.1 Å². The van der Waals surface area contributed by atoms with Crippen molar-refractivity contribution in [1.82, 2.24) is 19.6 Å². The molecule has 0 atom stereocenters. The molecule has 1 aromatic carbocycles. The van der Waals surface area contributed by atoms with E-state index in [1.165, 1.54) is 6.07 Å². The maximum atomic E-state index is 12.2. The number of aliphatic hydroxyl groups is 1. The Morgan fingerprint density at radius 3 is 2.78 bits per heavy atom. The first kappa shape index (κ1) is 18.3. The van der Waals surface area contributed by atoms with Crippen molar-refractivity contribution in [2.24, 2.45) is 7.05 Å². The molecule has 0 radical (unpaired) electrons. The van der Waals surface area contributed by atoms with E-state index in [0.29, 0.717) is 11.4 Å². The monoisotopic (exact) mass is 369 g/mol. The fourth-order valence-electron chi connectivity index (χ4n) is 2.70. The first-order valence-corrected chi connectivity index (χ1v) is 8.26. The van der Waals surface area contributed by atoms with Crippen LogP contribution in [-0.2, 0) is 13.5 Å². The van der Waals surface area contributed by atoms with Crippen LogP contribution < -0.4 is 10.3 Å². The molecule has 9 heteroatoms. The first-order chi connectivity index (χ1) is 13.0. The van der Waals surface area contributed by atoms with Gasteiger partial charge in [-0.15, -0.1) is 0 Å². The van der Waals surface area contributed by atoms with Crippen molar-refractivity contribution in [1.29, 1.82) is 0 Å². The van der Waals surface area contributed by atoms with Crippen LogP contribution in [0, 0.1) is 0 Å². The Hall–Kier alpha value is -3.46. The van der Waals surface area contributed by atoms with Gasteiger partial charge in [0.1, 0.15) is 11.4 Å². The normalized spacial score (nSPS) is 10.7. The number of aryl methyl sites for hydroxylation is 1. The van der Waals surface area contributed by atoms with Crippen LogP contribution in [0.5, 0.6) is 0 Å². The molecule has 2 heterocycles. The Bertz CT molecular complexity index is 1010. The van der Waals surface area contributed by atoms with Crippen molar-refractivity contribution in [3.63, 3.8) is 0 Å². The third-order valence-electron chi connectivity index (χ3n) is 3.98. The quantitative estimate of drug-likeness (QED) is 0.671. The summed E-state index contributed by atoms with van der Waals surface area (Å²) in [6.45, 7) is -0.317. The van der Waals surface area contributed by atoms with Crippen LogP contribution in [0.3, 0.4) is 0 Å². The molecule has 27 heavy (non-hydrogen) atoms. The van der Waals surface area contributed by atoms with Crippen LogP contribution in [0.1, 0.15) is 11.3 Å². The molecule has 9 nitrogen and oxygen atoms in total. The van der Waals surface area contributed by atoms with Crippen LogP contribution in [0.2, 0.25) is 0 Å². The van der Waals surface area contributed by atoms with Crippen LogP contribution >= 0.6 is 0 Å². The minimum atomic E-state index is -1.15. The molecule has 0 saturated carbocycles. The Labute approximate surface area is 154 Å². The Kier molecular flexibility index (Phi) is 5.32. The van der Waals surface area contributed by atoms with Gasteiger partial charge in [-0.1, -0.05) is 12.1 Å². The van der Waals surface area contributed by atoms with E-state index < -0.39 is 6.09 Å². The fraction of sp³-hybridized carbons (Fsp3) is 0.222. The summed E-state index contributed by atoms with van der Waals surface area (Å²) in [6.07, 6.45) is 4.09. The average Bonchev–Trinajstić information content (AvgIpc) is 3.08. The number of carbonyl (C=O) groups is 1. The number of carboxylic acid groups (broad SMARTS) is 1. The highest BCUT2D eigenvalue weighted by atomic mass is 16.4. The van der Waals surface area contributed by atoms with Crippen LogP contribution in [0.4, 0.5) is 10.5 Å². The van der Waals surface area contributed by atoms with E-state index in [-0.39, 0.29) is 25.0 Å². The molecule has 3 rings (SSSR count). The highest BCUT2D eigenvalue weighted by Crippen LogP contribution is 2.18. The van der Waals surface area contributed by atoms with Gasteiger partial charge in [-0.3, -0.25) is 14.4 Å². The van der Waals surface area contributed by atoms with E-state index in [0.717, 1.165) is 16.2 Å². The van der Waals surface area contributed by atoms with Gasteiger partial charge in [0.05, 0.1) is 25.5 Å². The van der Waals surface area contributed by atoms with E-state index in [1.54, 1.807) is 59.3 Å². The molecular weight excluding hydrogens is 350 g/mol. The van der Waals surface area contributed by atoms with Crippen LogP contribution in [-0.4, -0.2) is 49.0 Å². The van der Waals surface area contributed by atoms with E-state index in [1.807, 2.05) is 0 Å². The van der Waals surface area contributed by atoms with Gasteiger partial charge in [0, 0.05) is 31.4 Å². The largest absolute Gasteiger partial charge is 0.465 e. The van der Waals surface area contributed by atoms with Crippen LogP contribution in [0.25, 0.3) is 5.69 Å². The van der Waals surface area contributed by atoms with Crippen molar-refractivity contribution in [3.05, 3.63) is 70.4 Å². The summed E-state index contributed by atoms with van der Waals surface area (Å²) in [7, 11) is 1.79. The number of hydrogen-bond acceptors (Lipinski definition) is 5. The van der Waals surface area contributed by atoms with E-state index in [9.17, 15) is 14.7 Å². The van der Waals surface area contributed by atoms with Gasteiger partial charge >= 0.3 is 6.09 Å². The van der Waals surface area contributed by atoms with Crippen molar-refractivity contribution >= 4 is 11.8 Å². The minimum absolute atomic E-state index is 0.0316. The molecule has 2 aromatic heterocycles. The second-order valence-corrected chi connectivity index (χ2v) is 5.95. The Balaban J connectivity index is 1.90. The molecule has 0 fully saturated rings. The van der Waals surface area contributed by atoms with Gasteiger partial charge in [0.15, 0.2) is 0 Å². The molecule has 2 N–H and O–H groups in total. The molecule has 140 valence electrons. The Morgan fingerprint density at radius 2 is 2.11 bits per heavy atom. The number of anilines is 1. The number of rotatable bonds is 6. The van der Waals surface area contributed by atoms with Gasteiger partial charge in [-0.25, -0.2) is 9.48 Å². The molecule has 0 unspecified atom stereocenters. The molecule has 0 aliphatic heterocycles. The standard InChI is InChI=1S/C18H19N5O4/c1-21-12-15(11-19-21)23-6-5-17(25)16(20-23)10-13-3-2-4-14(9-13)22(7-8-24)18(26)27/h2-6,9,11-12,24H,7-8,10H2,1H3,(H,26,27). The topological polar surface area (TPSA) is 113 Å². The minimum Gasteiger partial charge on any atom is -0.465 e. The lowest BCUT2D eigenvalue weighted by Crippen LogP contribution is -2.32. The second-order valence-electron chi connectivity index (χ2n) is 5.95. The molecule has 0 aliphatic carbocycles. The average molecular weight is 369 g/mol. The predicted octanol–water partition coefficient (Wildman–Crippen LogP) is 1.03. The molecule has 0 saturated heterocycles. The van der Waals surface area contributed by atoms with Gasteiger partial charge in [0.2, 0.25) is 5.43 Å². The maximum Gasteiger partial charge on any atom is 0.411 e. The molecule has 0 aliphatic rings. The summed E-state index contributed by atoms with van der Waals surface area (Å²) in [5.41, 5.74) is 2.03. The summed E-state index contributed by atoms with van der Waals surface area (Å²) in [5.74, 6) is 0. The zero-order valence-corrected chi connectivity index (χ0v) is 14.7. The lowest BCUT2D eigenvalue weighted by Gasteiger charge is -2.18. The molecule has 1 amide bonds. The zero-order valence-electron chi connectivity index (χ0n) is 14.7. The zero-order chi connectivity index (χ0) is 19.4. The lowest BCUT2D eigenvalue weighted by molar-refractivity contribution is 0.198. The third kappa shape index (κ3) is 4.21. The second kappa shape index (κ2) is 7.83. The molecule has 0 spiro atoms. The van der Waals surface area contributed by atoms with Crippen molar-refractivity contribution in [2.45, 2.75) is 6.42 Å². The number of hydrogen-bond donors (Lipinski definition) is 2. The molecular formula is C18H19N5O4.